The van der Waals surface area contributed by atoms with Crippen LogP contribution in [-0.2, 0) is 12.0 Å². The Morgan fingerprint density at radius 2 is 1.65 bits per heavy atom. The molecule has 0 aliphatic carbocycles. The highest BCUT2D eigenvalue weighted by Gasteiger charge is 2.18. The fourth-order valence-electron chi connectivity index (χ4n) is 2.11. The van der Waals surface area contributed by atoms with Gasteiger partial charge in [-0.1, -0.05) is 61.0 Å². The maximum Gasteiger partial charge on any atom is 0.123 e. The molecule has 0 aliphatic heterocycles. The molecular formula is C18H21BrO. The predicted molar refractivity (Wildman–Crippen MR) is 88.4 cm³/mol. The van der Waals surface area contributed by atoms with Crippen LogP contribution in [0.25, 0.3) is 0 Å². The normalized spacial score (nSPS) is 11.4. The first-order valence-electron chi connectivity index (χ1n) is 6.84. The molecule has 0 bridgehead atoms. The van der Waals surface area contributed by atoms with Crippen molar-refractivity contribution < 1.29 is 4.74 Å². The number of ether oxygens (including phenoxy) is 1. The van der Waals surface area contributed by atoms with Crippen molar-refractivity contribution in [3.63, 3.8) is 0 Å². The third-order valence-electron chi connectivity index (χ3n) is 3.25. The average molecular weight is 333 g/mol. The predicted octanol–water partition coefficient (Wildman–Crippen LogP) is 5.63. The molecule has 20 heavy (non-hydrogen) atoms. The molecule has 0 aromatic heterocycles. The lowest BCUT2D eigenvalue weighted by molar-refractivity contribution is 0.297. The Kier molecular flexibility index (Phi) is 4.54. The lowest BCUT2D eigenvalue weighted by Gasteiger charge is -2.23. The van der Waals surface area contributed by atoms with Gasteiger partial charge in [0.1, 0.15) is 12.4 Å². The zero-order valence-corrected chi connectivity index (χ0v) is 14.1. The van der Waals surface area contributed by atoms with Crippen LogP contribution in [0.2, 0.25) is 0 Å². The van der Waals surface area contributed by atoms with E-state index in [-0.39, 0.29) is 5.41 Å². The highest BCUT2D eigenvalue weighted by molar-refractivity contribution is 9.10. The van der Waals surface area contributed by atoms with Crippen molar-refractivity contribution in [2.75, 3.05) is 0 Å². The van der Waals surface area contributed by atoms with Crippen molar-refractivity contribution in [1.29, 1.82) is 0 Å². The minimum Gasteiger partial charge on any atom is -0.489 e. The summed E-state index contributed by atoms with van der Waals surface area (Å²) in [6, 6.07) is 14.7. The molecule has 0 spiro atoms. The molecule has 0 saturated heterocycles. The maximum atomic E-state index is 6.06. The molecule has 2 aromatic rings. The summed E-state index contributed by atoms with van der Waals surface area (Å²) < 4.78 is 7.15. The zero-order valence-electron chi connectivity index (χ0n) is 12.5. The molecule has 0 radical (unpaired) electrons. The molecule has 2 rings (SSSR count). The number of rotatable bonds is 3. The topological polar surface area (TPSA) is 9.23 Å². The third kappa shape index (κ3) is 3.86. The van der Waals surface area contributed by atoms with Crippen molar-refractivity contribution in [3.05, 3.63) is 63.6 Å². The van der Waals surface area contributed by atoms with Crippen molar-refractivity contribution >= 4 is 15.9 Å². The van der Waals surface area contributed by atoms with Gasteiger partial charge in [0.2, 0.25) is 0 Å². The van der Waals surface area contributed by atoms with Crippen molar-refractivity contribution in [1.82, 2.24) is 0 Å². The van der Waals surface area contributed by atoms with Crippen LogP contribution in [0.3, 0.4) is 0 Å². The average Bonchev–Trinajstić information content (AvgIpc) is 2.36. The summed E-state index contributed by atoms with van der Waals surface area (Å²) in [6.45, 7) is 9.33. The molecule has 1 nitrogen and oxygen atoms in total. The van der Waals surface area contributed by atoms with Gasteiger partial charge in [0.05, 0.1) is 0 Å². The molecule has 0 heterocycles. The van der Waals surface area contributed by atoms with Gasteiger partial charge in [0.15, 0.2) is 0 Å². The molecule has 0 saturated carbocycles. The fraction of sp³-hybridized carbons (Fsp3) is 0.333. The second-order valence-corrected chi connectivity index (χ2v) is 7.08. The van der Waals surface area contributed by atoms with E-state index in [4.69, 9.17) is 4.74 Å². The van der Waals surface area contributed by atoms with E-state index in [1.54, 1.807) is 0 Å². The minimum absolute atomic E-state index is 0.0861. The van der Waals surface area contributed by atoms with Crippen LogP contribution in [0.15, 0.2) is 46.9 Å². The van der Waals surface area contributed by atoms with Crippen LogP contribution in [0, 0.1) is 6.92 Å². The summed E-state index contributed by atoms with van der Waals surface area (Å²) >= 11 is 3.45. The summed E-state index contributed by atoms with van der Waals surface area (Å²) in [7, 11) is 0. The Morgan fingerprint density at radius 1 is 1.00 bits per heavy atom. The Hall–Kier alpha value is -1.28. The summed E-state index contributed by atoms with van der Waals surface area (Å²) in [6.07, 6.45) is 0. The van der Waals surface area contributed by atoms with Gasteiger partial charge in [-0.05, 0) is 47.2 Å². The molecule has 2 aromatic carbocycles. The van der Waals surface area contributed by atoms with Crippen LogP contribution in [-0.4, -0.2) is 0 Å². The standard InChI is InChI=1S/C18H21BrO/c1-13-5-10-16(18(2,3)4)17(11-13)20-12-14-6-8-15(19)9-7-14/h5-11H,12H2,1-4H3. The van der Waals surface area contributed by atoms with E-state index in [2.05, 4.69) is 74.0 Å². The van der Waals surface area contributed by atoms with Crippen LogP contribution >= 0.6 is 15.9 Å². The monoisotopic (exact) mass is 332 g/mol. The first kappa shape index (κ1) is 15.1. The third-order valence-corrected chi connectivity index (χ3v) is 3.78. The first-order valence-corrected chi connectivity index (χ1v) is 7.64. The largest absolute Gasteiger partial charge is 0.489 e. The SMILES string of the molecule is Cc1ccc(C(C)(C)C)c(OCc2ccc(Br)cc2)c1. The van der Waals surface area contributed by atoms with Gasteiger partial charge in [-0.15, -0.1) is 0 Å². The number of aryl methyl sites for hydroxylation is 1. The van der Waals surface area contributed by atoms with Gasteiger partial charge >= 0.3 is 0 Å². The van der Waals surface area contributed by atoms with E-state index in [1.807, 2.05) is 12.1 Å². The number of hydrogen-bond acceptors (Lipinski definition) is 1. The van der Waals surface area contributed by atoms with Crippen molar-refractivity contribution in [2.45, 2.75) is 39.7 Å². The fourth-order valence-corrected chi connectivity index (χ4v) is 2.37. The van der Waals surface area contributed by atoms with E-state index in [9.17, 15) is 0 Å². The molecule has 2 heteroatoms. The van der Waals surface area contributed by atoms with Gasteiger partial charge in [-0.25, -0.2) is 0 Å². The van der Waals surface area contributed by atoms with Crippen molar-refractivity contribution in [3.8, 4) is 5.75 Å². The Labute approximate surface area is 130 Å². The van der Waals surface area contributed by atoms with E-state index in [0.717, 1.165) is 10.2 Å². The molecule has 106 valence electrons. The van der Waals surface area contributed by atoms with E-state index in [0.29, 0.717) is 6.61 Å². The molecule has 0 aliphatic rings. The second kappa shape index (κ2) is 6.01. The van der Waals surface area contributed by atoms with E-state index >= 15 is 0 Å². The summed E-state index contributed by atoms with van der Waals surface area (Å²) in [5, 5.41) is 0. The Bertz CT molecular complexity index is 579. The quantitative estimate of drug-likeness (QED) is 0.707. The Balaban J connectivity index is 2.20. The van der Waals surface area contributed by atoms with Gasteiger partial charge in [-0.3, -0.25) is 0 Å². The summed E-state index contributed by atoms with van der Waals surface area (Å²) in [5.74, 6) is 0.986. The van der Waals surface area contributed by atoms with E-state index in [1.165, 1.54) is 16.7 Å². The zero-order chi connectivity index (χ0) is 14.8. The molecule has 0 N–H and O–H groups in total. The first-order chi connectivity index (χ1) is 9.36. The molecular weight excluding hydrogens is 312 g/mol. The van der Waals surface area contributed by atoms with Crippen LogP contribution in [0.5, 0.6) is 5.75 Å². The smallest absolute Gasteiger partial charge is 0.123 e. The highest BCUT2D eigenvalue weighted by Crippen LogP contribution is 2.32. The number of benzene rings is 2. The lowest BCUT2D eigenvalue weighted by atomic mass is 9.86. The van der Waals surface area contributed by atoms with Gasteiger partial charge in [0, 0.05) is 4.47 Å². The van der Waals surface area contributed by atoms with Crippen LogP contribution in [0.1, 0.15) is 37.5 Å². The highest BCUT2D eigenvalue weighted by atomic mass is 79.9. The Morgan fingerprint density at radius 3 is 2.25 bits per heavy atom. The molecule has 0 fully saturated rings. The number of halogens is 1. The second-order valence-electron chi connectivity index (χ2n) is 6.16. The van der Waals surface area contributed by atoms with Crippen LogP contribution < -0.4 is 4.74 Å². The molecule has 0 atom stereocenters. The molecule has 0 unspecified atom stereocenters. The van der Waals surface area contributed by atoms with Crippen LogP contribution in [0.4, 0.5) is 0 Å². The maximum absolute atomic E-state index is 6.06. The number of hydrogen-bond donors (Lipinski definition) is 0. The minimum atomic E-state index is 0.0861. The molecule has 0 amide bonds. The lowest BCUT2D eigenvalue weighted by Crippen LogP contribution is -2.13. The van der Waals surface area contributed by atoms with Gasteiger partial charge in [-0.2, -0.15) is 0 Å². The van der Waals surface area contributed by atoms with Gasteiger partial charge < -0.3 is 4.74 Å². The van der Waals surface area contributed by atoms with E-state index < -0.39 is 0 Å². The summed E-state index contributed by atoms with van der Waals surface area (Å²) in [5.41, 5.74) is 3.74. The van der Waals surface area contributed by atoms with Gasteiger partial charge in [0.25, 0.3) is 0 Å². The summed E-state index contributed by atoms with van der Waals surface area (Å²) in [4.78, 5) is 0. The van der Waals surface area contributed by atoms with Crippen molar-refractivity contribution in [2.24, 2.45) is 0 Å².